The normalized spacial score (nSPS) is 24.4. The van der Waals surface area contributed by atoms with Crippen molar-refractivity contribution in [2.24, 2.45) is 5.92 Å². The number of hydrogen-bond donors (Lipinski definition) is 1. The maximum absolute atomic E-state index is 12.4. The van der Waals surface area contributed by atoms with E-state index in [4.69, 9.17) is 0 Å². The fraction of sp³-hybridized carbons (Fsp3) is 0.706. The molecule has 2 aliphatic heterocycles. The van der Waals surface area contributed by atoms with Gasteiger partial charge in [-0.3, -0.25) is 4.90 Å². The molecule has 0 aromatic carbocycles. The molecule has 0 radical (unpaired) electrons. The lowest BCUT2D eigenvalue weighted by molar-refractivity contribution is 0.164. The second-order valence-corrected chi connectivity index (χ2v) is 7.63. The van der Waals surface area contributed by atoms with E-state index in [1.54, 1.807) is 11.3 Å². The first-order valence-electron chi connectivity index (χ1n) is 8.54. The Balaban J connectivity index is 1.57. The number of piperidine rings is 1. The molecule has 2 atom stereocenters. The Morgan fingerprint density at radius 1 is 1.36 bits per heavy atom. The molecule has 2 amide bonds. The van der Waals surface area contributed by atoms with Crippen molar-refractivity contribution in [1.29, 1.82) is 0 Å². The number of rotatable bonds is 4. The molecule has 2 aliphatic rings. The Kier molecular flexibility index (Phi) is 5.37. The summed E-state index contributed by atoms with van der Waals surface area (Å²) >= 11 is 1.80. The number of thiophene rings is 1. The highest BCUT2D eigenvalue weighted by molar-refractivity contribution is 7.10. The quantitative estimate of drug-likeness (QED) is 0.923. The molecule has 5 heteroatoms. The predicted octanol–water partition coefficient (Wildman–Crippen LogP) is 3.33. The molecule has 1 aromatic rings. The highest BCUT2D eigenvalue weighted by atomic mass is 32.1. The van der Waals surface area contributed by atoms with Crippen molar-refractivity contribution in [3.8, 4) is 0 Å². The van der Waals surface area contributed by atoms with Gasteiger partial charge in [0.25, 0.3) is 0 Å². The molecule has 1 N–H and O–H groups in total. The molecule has 2 unspecified atom stereocenters. The molecular formula is C17H27N3OS. The van der Waals surface area contributed by atoms with Crippen molar-refractivity contribution in [2.45, 2.75) is 38.6 Å². The Bertz CT molecular complexity index is 470. The number of carbonyl (C=O) groups excluding carboxylic acids is 1. The second kappa shape index (κ2) is 7.47. The van der Waals surface area contributed by atoms with Crippen LogP contribution in [0.25, 0.3) is 0 Å². The first-order chi connectivity index (χ1) is 10.7. The molecule has 0 saturated carbocycles. The minimum absolute atomic E-state index is 0.118. The van der Waals surface area contributed by atoms with Crippen LogP contribution in [0.3, 0.4) is 0 Å². The summed E-state index contributed by atoms with van der Waals surface area (Å²) in [6.45, 7) is 7.07. The van der Waals surface area contributed by atoms with Crippen molar-refractivity contribution >= 4 is 17.4 Å². The molecule has 2 fully saturated rings. The van der Waals surface area contributed by atoms with Gasteiger partial charge in [0.2, 0.25) is 0 Å². The summed E-state index contributed by atoms with van der Waals surface area (Å²) in [7, 11) is 0. The van der Waals surface area contributed by atoms with E-state index >= 15 is 0 Å². The third-order valence-corrected chi connectivity index (χ3v) is 5.82. The standard InChI is InChI=1S/C17H27N3OS/c1-14-6-4-10-20(13-14)17(21)18-12-15(16-7-5-11-22-16)19-8-2-3-9-19/h5,7,11,14-15H,2-4,6,8-10,12-13H2,1H3,(H,18,21). The predicted molar refractivity (Wildman–Crippen MR) is 91.2 cm³/mol. The number of nitrogens with zero attached hydrogens (tertiary/aromatic N) is 2. The Morgan fingerprint density at radius 2 is 2.18 bits per heavy atom. The van der Waals surface area contributed by atoms with E-state index in [0.717, 1.165) is 39.1 Å². The monoisotopic (exact) mass is 321 g/mol. The molecule has 0 spiro atoms. The summed E-state index contributed by atoms with van der Waals surface area (Å²) in [6.07, 6.45) is 4.93. The van der Waals surface area contributed by atoms with Gasteiger partial charge in [-0.2, -0.15) is 0 Å². The van der Waals surface area contributed by atoms with Gasteiger partial charge in [0.1, 0.15) is 0 Å². The molecule has 4 nitrogen and oxygen atoms in total. The molecular weight excluding hydrogens is 294 g/mol. The molecule has 122 valence electrons. The molecule has 3 heterocycles. The zero-order valence-corrected chi connectivity index (χ0v) is 14.3. The van der Waals surface area contributed by atoms with E-state index in [2.05, 4.69) is 34.7 Å². The van der Waals surface area contributed by atoms with Crippen molar-refractivity contribution in [2.75, 3.05) is 32.7 Å². The maximum Gasteiger partial charge on any atom is 0.317 e. The van der Waals surface area contributed by atoms with Crippen molar-refractivity contribution in [3.05, 3.63) is 22.4 Å². The minimum atomic E-state index is 0.118. The number of likely N-dealkylation sites (tertiary alicyclic amines) is 2. The molecule has 2 saturated heterocycles. The van der Waals surface area contributed by atoms with Crippen LogP contribution in [-0.4, -0.2) is 48.6 Å². The average Bonchev–Trinajstić information content (AvgIpc) is 3.21. The van der Waals surface area contributed by atoms with Crippen LogP contribution < -0.4 is 5.32 Å². The van der Waals surface area contributed by atoms with Gasteiger partial charge >= 0.3 is 6.03 Å². The molecule has 1 aromatic heterocycles. The van der Waals surface area contributed by atoms with Crippen LogP contribution in [0.15, 0.2) is 17.5 Å². The van der Waals surface area contributed by atoms with Crippen LogP contribution in [-0.2, 0) is 0 Å². The van der Waals surface area contributed by atoms with Gasteiger partial charge in [-0.25, -0.2) is 4.79 Å². The molecule has 3 rings (SSSR count). The van der Waals surface area contributed by atoms with Crippen LogP contribution in [0, 0.1) is 5.92 Å². The van der Waals surface area contributed by atoms with Crippen LogP contribution in [0.4, 0.5) is 4.79 Å². The first kappa shape index (κ1) is 15.8. The summed E-state index contributed by atoms with van der Waals surface area (Å²) in [6, 6.07) is 4.76. The highest BCUT2D eigenvalue weighted by Gasteiger charge is 2.26. The third kappa shape index (κ3) is 3.82. The smallest absolute Gasteiger partial charge is 0.317 e. The van der Waals surface area contributed by atoms with Crippen LogP contribution in [0.5, 0.6) is 0 Å². The summed E-state index contributed by atoms with van der Waals surface area (Å²) in [5, 5.41) is 5.32. The lowest BCUT2D eigenvalue weighted by Crippen LogP contribution is -2.47. The summed E-state index contributed by atoms with van der Waals surface area (Å²) in [4.78, 5) is 18.3. The summed E-state index contributed by atoms with van der Waals surface area (Å²) in [5.74, 6) is 0.631. The van der Waals surface area contributed by atoms with Gasteiger partial charge in [-0.1, -0.05) is 13.0 Å². The van der Waals surface area contributed by atoms with E-state index in [0.29, 0.717) is 12.0 Å². The largest absolute Gasteiger partial charge is 0.336 e. The fourth-order valence-corrected chi connectivity index (χ4v) is 4.47. The lowest BCUT2D eigenvalue weighted by atomic mass is 10.0. The van der Waals surface area contributed by atoms with Gasteiger partial charge in [0.05, 0.1) is 6.04 Å². The van der Waals surface area contributed by atoms with E-state index in [1.807, 2.05) is 4.90 Å². The summed E-state index contributed by atoms with van der Waals surface area (Å²) < 4.78 is 0. The number of carbonyl (C=O) groups is 1. The maximum atomic E-state index is 12.4. The van der Waals surface area contributed by atoms with Crippen molar-refractivity contribution < 1.29 is 4.79 Å². The molecule has 0 bridgehead atoms. The number of urea groups is 1. The van der Waals surface area contributed by atoms with E-state index < -0.39 is 0 Å². The topological polar surface area (TPSA) is 35.6 Å². The van der Waals surface area contributed by atoms with E-state index in [-0.39, 0.29) is 6.03 Å². The van der Waals surface area contributed by atoms with E-state index in [9.17, 15) is 4.79 Å². The SMILES string of the molecule is CC1CCCN(C(=O)NCC(c2cccs2)N2CCCC2)C1. The fourth-order valence-electron chi connectivity index (χ4n) is 3.61. The van der Waals surface area contributed by atoms with Crippen LogP contribution in [0.1, 0.15) is 43.5 Å². The van der Waals surface area contributed by atoms with E-state index in [1.165, 1.54) is 24.1 Å². The Labute approximate surface area is 137 Å². The van der Waals surface area contributed by atoms with Crippen molar-refractivity contribution in [3.63, 3.8) is 0 Å². The second-order valence-electron chi connectivity index (χ2n) is 6.65. The third-order valence-electron chi connectivity index (χ3n) is 4.84. The van der Waals surface area contributed by atoms with Gasteiger partial charge < -0.3 is 10.2 Å². The zero-order valence-electron chi connectivity index (χ0n) is 13.5. The Morgan fingerprint density at radius 3 is 2.86 bits per heavy atom. The summed E-state index contributed by atoms with van der Waals surface area (Å²) in [5.41, 5.74) is 0. The van der Waals surface area contributed by atoms with Gasteiger partial charge in [-0.15, -0.1) is 11.3 Å². The zero-order chi connectivity index (χ0) is 15.4. The Hall–Kier alpha value is -1.07. The minimum Gasteiger partial charge on any atom is -0.336 e. The number of amides is 2. The van der Waals surface area contributed by atoms with Crippen LogP contribution in [0.2, 0.25) is 0 Å². The van der Waals surface area contributed by atoms with Gasteiger partial charge in [0.15, 0.2) is 0 Å². The lowest BCUT2D eigenvalue weighted by Gasteiger charge is -2.32. The average molecular weight is 321 g/mol. The number of nitrogens with one attached hydrogen (secondary N) is 1. The molecule has 22 heavy (non-hydrogen) atoms. The van der Waals surface area contributed by atoms with Gasteiger partial charge in [-0.05, 0) is 56.1 Å². The highest BCUT2D eigenvalue weighted by Crippen LogP contribution is 2.28. The van der Waals surface area contributed by atoms with Crippen molar-refractivity contribution in [1.82, 2.24) is 15.1 Å². The van der Waals surface area contributed by atoms with Crippen LogP contribution >= 0.6 is 11.3 Å². The van der Waals surface area contributed by atoms with Gasteiger partial charge in [0, 0.05) is 24.5 Å². The number of hydrogen-bond acceptors (Lipinski definition) is 3. The first-order valence-corrected chi connectivity index (χ1v) is 9.42. The molecule has 0 aliphatic carbocycles.